The summed E-state index contributed by atoms with van der Waals surface area (Å²) < 4.78 is 0. The van der Waals surface area contributed by atoms with E-state index in [0.29, 0.717) is 22.8 Å². The molecule has 1 aliphatic rings. The maximum absolute atomic E-state index is 11.0. The molecule has 0 aliphatic carbocycles. The van der Waals surface area contributed by atoms with Gasteiger partial charge in [0.15, 0.2) is 0 Å². The first-order chi connectivity index (χ1) is 6.20. The molecular formula is C8H7ClN2O2. The highest BCUT2D eigenvalue weighted by Gasteiger charge is 2.20. The molecule has 4 nitrogen and oxygen atoms in total. The summed E-state index contributed by atoms with van der Waals surface area (Å²) >= 11 is 5.85. The van der Waals surface area contributed by atoms with Crippen LogP contribution in [0.15, 0.2) is 12.1 Å². The minimum absolute atomic E-state index is 0.0769. The van der Waals surface area contributed by atoms with E-state index in [4.69, 9.17) is 16.8 Å². The van der Waals surface area contributed by atoms with Crippen LogP contribution in [0.2, 0.25) is 5.02 Å². The second kappa shape index (κ2) is 2.90. The smallest absolute Gasteiger partial charge is 0.228 e. The summed E-state index contributed by atoms with van der Waals surface area (Å²) in [5, 5.41) is 11.7. The Morgan fingerprint density at radius 3 is 3.00 bits per heavy atom. The second-order valence-electron chi connectivity index (χ2n) is 2.83. The number of benzene rings is 1. The maximum atomic E-state index is 11.0. The maximum Gasteiger partial charge on any atom is 0.228 e. The molecule has 0 spiro atoms. The number of hydrogen-bond acceptors (Lipinski definition) is 3. The zero-order chi connectivity index (χ0) is 9.42. The molecule has 2 rings (SSSR count). The summed E-state index contributed by atoms with van der Waals surface area (Å²) in [7, 11) is 0. The van der Waals surface area contributed by atoms with Crippen LogP contribution >= 0.6 is 11.6 Å². The molecule has 1 heterocycles. The number of fused-ring (bicyclic) bond motifs is 1. The quantitative estimate of drug-likeness (QED) is 0.601. The van der Waals surface area contributed by atoms with Crippen molar-refractivity contribution in [3.8, 4) is 0 Å². The number of nitrogens with one attached hydrogen (secondary N) is 2. The molecule has 0 bridgehead atoms. The zero-order valence-electron chi connectivity index (χ0n) is 6.60. The van der Waals surface area contributed by atoms with Crippen LogP contribution in [0.1, 0.15) is 5.56 Å². The Hall–Kier alpha value is -1.26. The fraction of sp³-hybridized carbons (Fsp3) is 0.125. The Bertz CT molecular complexity index is 379. The van der Waals surface area contributed by atoms with Crippen LogP contribution in [0.5, 0.6) is 0 Å². The van der Waals surface area contributed by atoms with E-state index in [-0.39, 0.29) is 5.91 Å². The van der Waals surface area contributed by atoms with Gasteiger partial charge in [0.2, 0.25) is 5.91 Å². The first kappa shape index (κ1) is 8.34. The molecular weight excluding hydrogens is 192 g/mol. The Balaban J connectivity index is 2.52. The van der Waals surface area contributed by atoms with Crippen molar-refractivity contribution in [2.24, 2.45) is 0 Å². The van der Waals surface area contributed by atoms with E-state index in [0.717, 1.165) is 5.56 Å². The number of hydrogen-bond donors (Lipinski definition) is 3. The molecule has 0 aromatic heterocycles. The predicted octanol–water partition coefficient (Wildman–Crippen LogP) is 1.64. The number of rotatable bonds is 1. The van der Waals surface area contributed by atoms with Crippen LogP contribution in [-0.4, -0.2) is 11.1 Å². The molecule has 0 fully saturated rings. The van der Waals surface area contributed by atoms with Gasteiger partial charge >= 0.3 is 0 Å². The van der Waals surface area contributed by atoms with Crippen molar-refractivity contribution < 1.29 is 10.0 Å². The molecule has 0 unspecified atom stereocenters. The lowest BCUT2D eigenvalue weighted by molar-refractivity contribution is -0.115. The van der Waals surface area contributed by atoms with Gasteiger partial charge in [0, 0.05) is 0 Å². The molecule has 1 aromatic rings. The van der Waals surface area contributed by atoms with Crippen molar-refractivity contribution in [1.82, 2.24) is 0 Å². The summed E-state index contributed by atoms with van der Waals surface area (Å²) in [6, 6.07) is 3.23. The highest BCUT2D eigenvalue weighted by Crippen LogP contribution is 2.33. The lowest BCUT2D eigenvalue weighted by atomic mass is 10.1. The van der Waals surface area contributed by atoms with Gasteiger partial charge < -0.3 is 5.32 Å². The minimum Gasteiger partial charge on any atom is -0.324 e. The average molecular weight is 199 g/mol. The van der Waals surface area contributed by atoms with E-state index in [1.165, 1.54) is 0 Å². The Kier molecular flexibility index (Phi) is 1.86. The van der Waals surface area contributed by atoms with Crippen molar-refractivity contribution in [3.63, 3.8) is 0 Å². The molecule has 0 saturated carbocycles. The number of amides is 1. The first-order valence-electron chi connectivity index (χ1n) is 3.73. The van der Waals surface area contributed by atoms with Gasteiger partial charge in [0.05, 0.1) is 22.8 Å². The first-order valence-corrected chi connectivity index (χ1v) is 4.11. The van der Waals surface area contributed by atoms with Crippen molar-refractivity contribution >= 4 is 28.9 Å². The van der Waals surface area contributed by atoms with E-state index < -0.39 is 0 Å². The molecule has 1 aliphatic heterocycles. The number of carbonyl (C=O) groups is 1. The van der Waals surface area contributed by atoms with Crippen LogP contribution in [0.3, 0.4) is 0 Å². The van der Waals surface area contributed by atoms with E-state index in [1.54, 1.807) is 12.1 Å². The van der Waals surface area contributed by atoms with Gasteiger partial charge in [-0.25, -0.2) is 0 Å². The number of carbonyl (C=O) groups excluding carboxylic acids is 1. The average Bonchev–Trinajstić information content (AvgIpc) is 2.46. The molecule has 68 valence electrons. The monoisotopic (exact) mass is 198 g/mol. The summed E-state index contributed by atoms with van der Waals surface area (Å²) in [6.45, 7) is 0. The molecule has 0 saturated heterocycles. The highest BCUT2D eigenvalue weighted by atomic mass is 35.5. The fourth-order valence-electron chi connectivity index (χ4n) is 1.36. The minimum atomic E-state index is -0.0769. The van der Waals surface area contributed by atoms with Gasteiger partial charge in [0.1, 0.15) is 0 Å². The van der Waals surface area contributed by atoms with Gasteiger partial charge in [-0.2, -0.15) is 0 Å². The van der Waals surface area contributed by atoms with Gasteiger partial charge in [0.25, 0.3) is 0 Å². The fourth-order valence-corrected chi connectivity index (χ4v) is 1.65. The SMILES string of the molecule is O=C1Cc2cc(NO)cc(Cl)c2N1. The van der Waals surface area contributed by atoms with Crippen molar-refractivity contribution in [1.29, 1.82) is 0 Å². The predicted molar refractivity (Wildman–Crippen MR) is 49.2 cm³/mol. The molecule has 1 aromatic carbocycles. The third-order valence-electron chi connectivity index (χ3n) is 1.92. The Morgan fingerprint density at radius 1 is 1.54 bits per heavy atom. The van der Waals surface area contributed by atoms with Gasteiger partial charge in [-0.3, -0.25) is 15.5 Å². The summed E-state index contributed by atoms with van der Waals surface area (Å²) in [5.41, 5.74) is 3.92. The molecule has 13 heavy (non-hydrogen) atoms. The number of anilines is 2. The van der Waals surface area contributed by atoms with Crippen LogP contribution in [0.4, 0.5) is 11.4 Å². The number of halogens is 1. The van der Waals surface area contributed by atoms with Crippen molar-refractivity contribution in [2.75, 3.05) is 10.8 Å². The van der Waals surface area contributed by atoms with Gasteiger partial charge in [-0.1, -0.05) is 11.6 Å². The lowest BCUT2D eigenvalue weighted by Gasteiger charge is -2.04. The summed E-state index contributed by atoms with van der Waals surface area (Å²) in [6.07, 6.45) is 0.310. The highest BCUT2D eigenvalue weighted by molar-refractivity contribution is 6.34. The van der Waals surface area contributed by atoms with E-state index in [9.17, 15) is 4.79 Å². The van der Waals surface area contributed by atoms with E-state index in [2.05, 4.69) is 5.32 Å². The van der Waals surface area contributed by atoms with E-state index >= 15 is 0 Å². The van der Waals surface area contributed by atoms with Crippen LogP contribution < -0.4 is 10.8 Å². The molecule has 0 atom stereocenters. The van der Waals surface area contributed by atoms with Crippen LogP contribution in [0.25, 0.3) is 0 Å². The van der Waals surface area contributed by atoms with Crippen molar-refractivity contribution in [2.45, 2.75) is 6.42 Å². The molecule has 3 N–H and O–H groups in total. The third-order valence-corrected chi connectivity index (χ3v) is 2.21. The third kappa shape index (κ3) is 1.34. The molecule has 5 heteroatoms. The second-order valence-corrected chi connectivity index (χ2v) is 3.24. The normalized spacial score (nSPS) is 13.8. The summed E-state index contributed by atoms with van der Waals surface area (Å²) in [4.78, 5) is 11.0. The molecule has 1 amide bonds. The van der Waals surface area contributed by atoms with Crippen LogP contribution in [-0.2, 0) is 11.2 Å². The van der Waals surface area contributed by atoms with Gasteiger partial charge in [-0.15, -0.1) is 0 Å². The van der Waals surface area contributed by atoms with Crippen molar-refractivity contribution in [3.05, 3.63) is 22.7 Å². The lowest BCUT2D eigenvalue weighted by Crippen LogP contribution is -2.03. The Labute approximate surface area is 79.5 Å². The topological polar surface area (TPSA) is 61.4 Å². The molecule has 0 radical (unpaired) electrons. The largest absolute Gasteiger partial charge is 0.324 e. The Morgan fingerprint density at radius 2 is 2.31 bits per heavy atom. The zero-order valence-corrected chi connectivity index (χ0v) is 7.35. The van der Waals surface area contributed by atoms with Gasteiger partial charge in [-0.05, 0) is 17.7 Å². The summed E-state index contributed by atoms with van der Waals surface area (Å²) in [5.74, 6) is -0.0769. The van der Waals surface area contributed by atoms with E-state index in [1.807, 2.05) is 5.48 Å². The van der Waals surface area contributed by atoms with Crippen LogP contribution in [0, 0.1) is 0 Å². The standard InChI is InChI=1S/C8H7ClN2O2/c9-6-3-5(11-13)1-4-2-7(12)10-8(4)6/h1,3,11,13H,2H2,(H,10,12).